The number of allylic oxidation sites excluding steroid dienone is 2. The molecule has 0 unspecified atom stereocenters. The first-order valence-electron chi connectivity index (χ1n) is 5.82. The van der Waals surface area contributed by atoms with Gasteiger partial charge in [-0.25, -0.2) is 13.6 Å². The maximum absolute atomic E-state index is 11.6. The summed E-state index contributed by atoms with van der Waals surface area (Å²) in [5, 5.41) is 39.0. The number of rotatable bonds is 2. The van der Waals surface area contributed by atoms with Crippen LogP contribution in [0, 0.1) is 22.3 Å². The van der Waals surface area contributed by atoms with Crippen LogP contribution in [0.5, 0.6) is 11.8 Å². The van der Waals surface area contributed by atoms with Crippen molar-refractivity contribution in [2.45, 2.75) is 0 Å². The van der Waals surface area contributed by atoms with Gasteiger partial charge in [-0.15, -0.1) is 0 Å². The number of nitrogens with two attached hydrogens (primary N) is 1. The molecule has 0 bridgehead atoms. The molecular formula is C12H4N4O6S. The van der Waals surface area contributed by atoms with Crippen molar-refractivity contribution in [2.75, 3.05) is 0 Å². The SMILES string of the molecule is NS(=O)(=O)C1=[C+]C=[C+]c2c1c([N+](=O)[O-])cc1nc([O-])c([O-])nc21. The summed E-state index contributed by atoms with van der Waals surface area (Å²) in [6.45, 7) is 0. The van der Waals surface area contributed by atoms with Crippen LogP contribution < -0.4 is 15.4 Å². The third-order valence-corrected chi connectivity index (χ3v) is 3.90. The number of aromatic nitrogens is 2. The van der Waals surface area contributed by atoms with E-state index < -0.39 is 42.9 Å². The van der Waals surface area contributed by atoms with Crippen LogP contribution in [0.1, 0.15) is 11.1 Å². The van der Waals surface area contributed by atoms with Gasteiger partial charge in [-0.2, -0.15) is 0 Å². The summed E-state index contributed by atoms with van der Waals surface area (Å²) in [6.07, 6.45) is 5.85. The number of nitro groups is 1. The van der Waals surface area contributed by atoms with Crippen LogP contribution in [0.15, 0.2) is 12.1 Å². The Morgan fingerprint density at radius 1 is 1.22 bits per heavy atom. The smallest absolute Gasteiger partial charge is 0.389 e. The zero-order valence-electron chi connectivity index (χ0n) is 10.9. The van der Waals surface area contributed by atoms with E-state index in [2.05, 4.69) is 22.1 Å². The normalized spacial score (nSPS) is 13.0. The van der Waals surface area contributed by atoms with E-state index >= 15 is 0 Å². The highest BCUT2D eigenvalue weighted by atomic mass is 32.2. The number of benzene rings is 1. The highest BCUT2D eigenvalue weighted by Crippen LogP contribution is 2.38. The van der Waals surface area contributed by atoms with Crippen LogP contribution in [-0.2, 0) is 10.0 Å². The molecule has 2 N–H and O–H groups in total. The van der Waals surface area contributed by atoms with Crippen LogP contribution in [0.3, 0.4) is 0 Å². The molecule has 1 aliphatic carbocycles. The van der Waals surface area contributed by atoms with Crippen LogP contribution in [0.4, 0.5) is 5.69 Å². The molecule has 2 aromatic rings. The Morgan fingerprint density at radius 3 is 2.48 bits per heavy atom. The van der Waals surface area contributed by atoms with Gasteiger partial charge in [0.25, 0.3) is 6.08 Å². The minimum atomic E-state index is -4.34. The Bertz CT molecular complexity index is 1040. The summed E-state index contributed by atoms with van der Waals surface area (Å²) in [5.74, 6) is -2.36. The van der Waals surface area contributed by atoms with Crippen LogP contribution in [0.25, 0.3) is 15.9 Å². The highest BCUT2D eigenvalue weighted by Gasteiger charge is 2.48. The first kappa shape index (κ1) is 14.7. The third kappa shape index (κ3) is 2.22. The van der Waals surface area contributed by atoms with Crippen molar-refractivity contribution in [3.8, 4) is 11.8 Å². The Labute approximate surface area is 128 Å². The monoisotopic (exact) mass is 332 g/mol. The Balaban J connectivity index is 2.53. The largest absolute Gasteiger partial charge is 0.858 e. The maximum atomic E-state index is 11.6. The fourth-order valence-corrected chi connectivity index (χ4v) is 2.85. The van der Waals surface area contributed by atoms with E-state index in [0.29, 0.717) is 0 Å². The Kier molecular flexibility index (Phi) is 2.96. The minimum absolute atomic E-state index is 0.165. The van der Waals surface area contributed by atoms with Crippen molar-refractivity contribution in [3.63, 3.8) is 0 Å². The summed E-state index contributed by atoms with van der Waals surface area (Å²) in [4.78, 5) is 16.6. The van der Waals surface area contributed by atoms with Gasteiger partial charge < -0.3 is 10.2 Å². The molecule has 0 fully saturated rings. The predicted molar refractivity (Wildman–Crippen MR) is 71.8 cm³/mol. The zero-order valence-corrected chi connectivity index (χ0v) is 11.7. The van der Waals surface area contributed by atoms with E-state index in [0.717, 1.165) is 12.1 Å². The Morgan fingerprint density at radius 2 is 1.87 bits per heavy atom. The molecular weight excluding hydrogens is 328 g/mol. The van der Waals surface area contributed by atoms with Crippen LogP contribution in [0.2, 0.25) is 0 Å². The van der Waals surface area contributed by atoms with Gasteiger partial charge in [0.2, 0.25) is 12.2 Å². The molecule has 10 nitrogen and oxygen atoms in total. The number of sulfonamides is 1. The first-order valence-corrected chi connectivity index (χ1v) is 7.37. The van der Waals surface area contributed by atoms with Gasteiger partial charge in [-0.1, -0.05) is 0 Å². The molecule has 0 aliphatic heterocycles. The van der Waals surface area contributed by atoms with Gasteiger partial charge in [-0.3, -0.25) is 20.1 Å². The van der Waals surface area contributed by atoms with E-state index in [1.54, 1.807) is 0 Å². The average molecular weight is 332 g/mol. The lowest BCUT2D eigenvalue weighted by molar-refractivity contribution is -0.385. The molecule has 11 heteroatoms. The molecule has 1 aromatic heterocycles. The summed E-state index contributed by atoms with van der Waals surface area (Å²) in [7, 11) is -4.34. The second-order valence-corrected chi connectivity index (χ2v) is 5.91. The van der Waals surface area contributed by atoms with E-state index in [4.69, 9.17) is 5.14 Å². The second kappa shape index (κ2) is 4.63. The molecule has 0 amide bonds. The van der Waals surface area contributed by atoms with Crippen molar-refractivity contribution in [3.05, 3.63) is 45.5 Å². The molecule has 0 radical (unpaired) electrons. The quantitative estimate of drug-likeness (QED) is 0.406. The minimum Gasteiger partial charge on any atom is -0.858 e. The van der Waals surface area contributed by atoms with Gasteiger partial charge in [-0.05, 0) is 11.8 Å². The van der Waals surface area contributed by atoms with E-state index in [-0.39, 0.29) is 16.6 Å². The molecule has 114 valence electrons. The summed E-state index contributed by atoms with van der Waals surface area (Å²) < 4.78 is 23.3. The van der Waals surface area contributed by atoms with Gasteiger partial charge in [0.05, 0.1) is 11.0 Å². The van der Waals surface area contributed by atoms with Crippen molar-refractivity contribution >= 4 is 31.6 Å². The van der Waals surface area contributed by atoms with Crippen molar-refractivity contribution in [1.82, 2.24) is 9.97 Å². The molecule has 0 atom stereocenters. The zero-order chi connectivity index (χ0) is 16.9. The molecule has 1 aliphatic rings. The van der Waals surface area contributed by atoms with Crippen molar-refractivity contribution in [2.24, 2.45) is 5.14 Å². The number of hydrogen-bond donors (Lipinski definition) is 1. The number of nitro benzene ring substituents is 1. The topological polar surface area (TPSA) is 175 Å². The highest BCUT2D eigenvalue weighted by molar-refractivity contribution is 7.98. The molecule has 0 saturated heterocycles. The molecule has 1 heterocycles. The van der Waals surface area contributed by atoms with Gasteiger partial charge >= 0.3 is 31.7 Å². The second-order valence-electron chi connectivity index (χ2n) is 4.41. The average Bonchev–Trinajstić information content (AvgIpc) is 2.46. The third-order valence-electron chi connectivity index (χ3n) is 3.01. The maximum Gasteiger partial charge on any atom is 0.389 e. The van der Waals surface area contributed by atoms with Gasteiger partial charge in [0.1, 0.15) is 5.52 Å². The first-order chi connectivity index (χ1) is 10.7. The standard InChI is InChI=1S/C12H4N4O6S/c13-23(21,22)8-3-1-2-5-9(8)7(16(19)20)4-6-10(5)15-12(18)11(17)14-6/h1,4H,(H2-2,13,14,15,17,18,21,22). The fraction of sp³-hybridized carbons (Fsp3) is 0. The molecule has 3 rings (SSSR count). The van der Waals surface area contributed by atoms with Crippen LogP contribution in [-0.4, -0.2) is 23.3 Å². The van der Waals surface area contributed by atoms with E-state index in [9.17, 15) is 28.7 Å². The van der Waals surface area contributed by atoms with Crippen LogP contribution >= 0.6 is 0 Å². The lowest BCUT2D eigenvalue weighted by atomic mass is 9.98. The van der Waals surface area contributed by atoms with Gasteiger partial charge in [0, 0.05) is 0 Å². The van der Waals surface area contributed by atoms with E-state index in [1.165, 1.54) is 0 Å². The molecule has 1 aromatic carbocycles. The molecule has 0 saturated carbocycles. The fourth-order valence-electron chi connectivity index (χ4n) is 2.13. The lowest BCUT2D eigenvalue weighted by Crippen LogP contribution is -2.17. The van der Waals surface area contributed by atoms with E-state index in [1.807, 2.05) is 0 Å². The lowest BCUT2D eigenvalue weighted by Gasteiger charge is -2.14. The number of fused-ring (bicyclic) bond motifs is 3. The summed E-state index contributed by atoms with van der Waals surface area (Å²) >= 11 is 0. The molecule has 23 heavy (non-hydrogen) atoms. The number of primary sulfonamides is 1. The Hall–Kier alpha value is -3.23. The number of hydrogen-bond acceptors (Lipinski definition) is 8. The summed E-state index contributed by atoms with van der Waals surface area (Å²) in [5.41, 5.74) is -1.65. The van der Waals surface area contributed by atoms with Gasteiger partial charge in [0.15, 0.2) is 5.52 Å². The van der Waals surface area contributed by atoms with Crippen molar-refractivity contribution < 1.29 is 23.6 Å². The molecule has 0 spiro atoms. The summed E-state index contributed by atoms with van der Waals surface area (Å²) in [6, 6.07) is 0.849. The van der Waals surface area contributed by atoms with Crippen molar-refractivity contribution in [1.29, 1.82) is 0 Å². The number of nitrogens with zero attached hydrogens (tertiary/aromatic N) is 3. The predicted octanol–water partition coefficient (Wildman–Crippen LogP) is -1.16.